The highest BCUT2D eigenvalue weighted by Crippen LogP contribution is 2.35. The van der Waals surface area contributed by atoms with Crippen LogP contribution in [0.2, 0.25) is 0 Å². The number of allylic oxidation sites excluding steroid dienone is 3. The van der Waals surface area contributed by atoms with Gasteiger partial charge in [-0.15, -0.1) is 0 Å². The summed E-state index contributed by atoms with van der Waals surface area (Å²) in [5.41, 5.74) is -0.244. The molecule has 0 saturated heterocycles. The summed E-state index contributed by atoms with van der Waals surface area (Å²) in [6.07, 6.45) is 11.2. The van der Waals surface area contributed by atoms with Gasteiger partial charge in [0.15, 0.2) is 0 Å². The number of hydrogen-bond acceptors (Lipinski definition) is 4. The highest BCUT2D eigenvalue weighted by Gasteiger charge is 2.39. The van der Waals surface area contributed by atoms with E-state index < -0.39 is 18.2 Å². The number of unbranched alkanes of at least 4 members (excludes halogenated alkanes) is 2. The van der Waals surface area contributed by atoms with Crippen molar-refractivity contribution in [3.05, 3.63) is 24.3 Å². The van der Waals surface area contributed by atoms with Crippen LogP contribution in [0.25, 0.3) is 0 Å². The molecule has 3 N–H and O–H groups in total. The van der Waals surface area contributed by atoms with Crippen LogP contribution in [0.1, 0.15) is 72.1 Å². The molecule has 1 saturated carbocycles. The van der Waals surface area contributed by atoms with Crippen LogP contribution in [0.15, 0.2) is 24.3 Å². The van der Waals surface area contributed by atoms with Crippen molar-refractivity contribution >= 4 is 11.8 Å². The van der Waals surface area contributed by atoms with E-state index in [4.69, 9.17) is 5.11 Å². The van der Waals surface area contributed by atoms with Gasteiger partial charge in [0.2, 0.25) is 0 Å². The number of carboxylic acid groups (broad SMARTS) is 1. The van der Waals surface area contributed by atoms with Crippen molar-refractivity contribution in [3.8, 4) is 0 Å². The Kier molecular flexibility index (Phi) is 9.95. The Labute approximate surface area is 163 Å². The van der Waals surface area contributed by atoms with E-state index in [0.717, 1.165) is 19.3 Å². The second kappa shape index (κ2) is 11.4. The fourth-order valence-electron chi connectivity index (χ4n) is 3.53. The van der Waals surface area contributed by atoms with Gasteiger partial charge in [-0.05, 0) is 31.1 Å². The molecule has 1 aliphatic carbocycles. The third-order valence-corrected chi connectivity index (χ3v) is 5.55. The van der Waals surface area contributed by atoms with Gasteiger partial charge in [0.05, 0.1) is 12.2 Å². The molecule has 0 aromatic rings. The number of carboxylic acids is 1. The van der Waals surface area contributed by atoms with Crippen LogP contribution in [0.5, 0.6) is 0 Å². The number of carbonyl (C=O) groups excluding carboxylic acids is 1. The van der Waals surface area contributed by atoms with Crippen LogP contribution in [0.4, 0.5) is 0 Å². The zero-order valence-electron chi connectivity index (χ0n) is 16.9. The van der Waals surface area contributed by atoms with Crippen molar-refractivity contribution in [2.75, 3.05) is 0 Å². The third-order valence-electron chi connectivity index (χ3n) is 5.55. The van der Waals surface area contributed by atoms with Gasteiger partial charge in [0.25, 0.3) is 0 Å². The maximum Gasteiger partial charge on any atom is 0.303 e. The Morgan fingerprint density at radius 1 is 1.30 bits per heavy atom. The number of ketones is 1. The zero-order chi connectivity index (χ0) is 20.4. The van der Waals surface area contributed by atoms with Crippen molar-refractivity contribution in [1.82, 2.24) is 0 Å². The molecule has 1 aliphatic rings. The molecule has 0 bridgehead atoms. The van der Waals surface area contributed by atoms with E-state index >= 15 is 0 Å². The zero-order valence-corrected chi connectivity index (χ0v) is 16.9. The molecule has 0 spiro atoms. The summed E-state index contributed by atoms with van der Waals surface area (Å²) < 4.78 is 0. The first-order valence-electron chi connectivity index (χ1n) is 10.1. The van der Waals surface area contributed by atoms with Crippen LogP contribution >= 0.6 is 0 Å². The van der Waals surface area contributed by atoms with E-state index in [-0.39, 0.29) is 35.9 Å². The van der Waals surface area contributed by atoms with Gasteiger partial charge in [0, 0.05) is 24.7 Å². The minimum atomic E-state index is -0.800. The molecule has 5 heteroatoms. The first-order chi connectivity index (χ1) is 12.7. The molecular formula is C22H36O5. The summed E-state index contributed by atoms with van der Waals surface area (Å²) in [7, 11) is 0. The van der Waals surface area contributed by atoms with E-state index in [0.29, 0.717) is 19.3 Å². The highest BCUT2D eigenvalue weighted by atomic mass is 16.4. The average molecular weight is 381 g/mol. The number of aliphatic carboxylic acids is 1. The van der Waals surface area contributed by atoms with Gasteiger partial charge in [-0.25, -0.2) is 0 Å². The smallest absolute Gasteiger partial charge is 0.303 e. The molecule has 154 valence electrons. The Morgan fingerprint density at radius 3 is 2.63 bits per heavy atom. The van der Waals surface area contributed by atoms with Gasteiger partial charge in [-0.1, -0.05) is 57.9 Å². The normalized spacial score (nSPS) is 24.9. The predicted molar refractivity (Wildman–Crippen MR) is 106 cm³/mol. The summed E-state index contributed by atoms with van der Waals surface area (Å²) in [5, 5.41) is 29.3. The number of Topliss-reactive ketones (excluding diaryl/α,β-unsaturated/α-hetero) is 1. The van der Waals surface area contributed by atoms with E-state index in [2.05, 4.69) is 6.92 Å². The summed E-state index contributed by atoms with van der Waals surface area (Å²) in [6.45, 7) is 6.18. The lowest BCUT2D eigenvalue weighted by Crippen LogP contribution is -2.28. The summed E-state index contributed by atoms with van der Waals surface area (Å²) in [5.74, 6) is -1.34. The second-order valence-electron chi connectivity index (χ2n) is 8.34. The Morgan fingerprint density at radius 2 is 2.00 bits per heavy atom. The molecule has 1 fully saturated rings. The minimum absolute atomic E-state index is 0.0154. The number of hydrogen-bond donors (Lipinski definition) is 3. The molecule has 0 aromatic carbocycles. The molecule has 0 aliphatic heterocycles. The summed E-state index contributed by atoms with van der Waals surface area (Å²) in [4.78, 5) is 22.8. The number of aliphatic hydroxyl groups is 2. The minimum Gasteiger partial charge on any atom is -0.481 e. The lowest BCUT2D eigenvalue weighted by atomic mass is 9.80. The Hall–Kier alpha value is -1.46. The summed E-state index contributed by atoms with van der Waals surface area (Å²) >= 11 is 0. The molecule has 0 aromatic heterocycles. The first-order valence-corrected chi connectivity index (χ1v) is 10.1. The van der Waals surface area contributed by atoms with E-state index in [1.807, 2.05) is 26.0 Å². The fourth-order valence-corrected chi connectivity index (χ4v) is 3.53. The molecule has 4 atom stereocenters. The molecule has 0 heterocycles. The lowest BCUT2D eigenvalue weighted by Gasteiger charge is -2.29. The first kappa shape index (κ1) is 23.6. The maximum atomic E-state index is 12.3. The molecule has 27 heavy (non-hydrogen) atoms. The van der Waals surface area contributed by atoms with Crippen molar-refractivity contribution in [1.29, 1.82) is 0 Å². The summed E-state index contributed by atoms with van der Waals surface area (Å²) in [6, 6.07) is 0. The van der Waals surface area contributed by atoms with Gasteiger partial charge in [-0.2, -0.15) is 0 Å². The van der Waals surface area contributed by atoms with Crippen LogP contribution in [0, 0.1) is 17.3 Å². The number of rotatable bonds is 12. The number of aliphatic hydroxyl groups excluding tert-OH is 2. The predicted octanol–water partition coefficient (Wildman–Crippen LogP) is 3.89. The molecule has 1 rings (SSSR count). The molecule has 5 nitrogen and oxygen atoms in total. The van der Waals surface area contributed by atoms with Crippen LogP contribution < -0.4 is 0 Å². The largest absolute Gasteiger partial charge is 0.481 e. The molecule has 0 amide bonds. The van der Waals surface area contributed by atoms with Gasteiger partial charge >= 0.3 is 5.97 Å². The standard InChI is InChI=1S/C22H36O5/c1-4-5-14-22(2,3)20(25)13-12-17-16(18(23)15-19(17)24)10-8-6-7-9-11-21(26)27/h6,8,12-13,16-18,20,23,25H,4-5,7,9-11,14-15H2,1-3H3,(H,26,27)/b8-6-,13-12+/t16-,17-,18+,20-/m1/s1. The second-order valence-corrected chi connectivity index (χ2v) is 8.34. The third kappa shape index (κ3) is 7.97. The average Bonchev–Trinajstić information content (AvgIpc) is 2.86. The van der Waals surface area contributed by atoms with Crippen molar-refractivity contribution in [2.24, 2.45) is 17.3 Å². The molecule has 0 unspecified atom stereocenters. The number of carbonyl (C=O) groups is 2. The fraction of sp³-hybridized carbons (Fsp3) is 0.727. The Balaban J connectivity index is 2.63. The van der Waals surface area contributed by atoms with Crippen LogP contribution in [0.3, 0.4) is 0 Å². The lowest BCUT2D eigenvalue weighted by molar-refractivity contribution is -0.137. The highest BCUT2D eigenvalue weighted by molar-refractivity contribution is 5.86. The molecular weight excluding hydrogens is 344 g/mol. The van der Waals surface area contributed by atoms with Gasteiger partial charge in [0.1, 0.15) is 5.78 Å². The Bertz CT molecular complexity index is 535. The van der Waals surface area contributed by atoms with Gasteiger partial charge < -0.3 is 15.3 Å². The van der Waals surface area contributed by atoms with Crippen molar-refractivity contribution < 1.29 is 24.9 Å². The van der Waals surface area contributed by atoms with Crippen molar-refractivity contribution in [3.63, 3.8) is 0 Å². The topological polar surface area (TPSA) is 94.8 Å². The van der Waals surface area contributed by atoms with Crippen LogP contribution in [-0.2, 0) is 9.59 Å². The SMILES string of the molecule is CCCCC(C)(C)[C@H](O)/C=C/[C@H]1C(=O)C[C@H](O)[C@@H]1C/C=C\CCCC(=O)O. The molecule has 0 radical (unpaired) electrons. The monoisotopic (exact) mass is 380 g/mol. The maximum absolute atomic E-state index is 12.3. The van der Waals surface area contributed by atoms with E-state index in [1.54, 1.807) is 12.2 Å². The van der Waals surface area contributed by atoms with Crippen molar-refractivity contribution in [2.45, 2.75) is 84.3 Å². The van der Waals surface area contributed by atoms with E-state index in [1.165, 1.54) is 0 Å². The van der Waals surface area contributed by atoms with Gasteiger partial charge in [-0.3, -0.25) is 9.59 Å². The quantitative estimate of drug-likeness (QED) is 0.353. The van der Waals surface area contributed by atoms with E-state index in [9.17, 15) is 19.8 Å². The van der Waals surface area contributed by atoms with Crippen LogP contribution in [-0.4, -0.2) is 39.3 Å².